The van der Waals surface area contributed by atoms with Crippen LogP contribution in [0.25, 0.3) is 0 Å². The van der Waals surface area contributed by atoms with Crippen molar-refractivity contribution in [2.24, 2.45) is 0 Å². The zero-order chi connectivity index (χ0) is 17.1. The van der Waals surface area contributed by atoms with Gasteiger partial charge in [0.25, 0.3) is 0 Å². The van der Waals surface area contributed by atoms with Crippen LogP contribution in [-0.4, -0.2) is 24.6 Å². The molecule has 0 unspecified atom stereocenters. The number of hydrogen-bond donors (Lipinski definition) is 0. The van der Waals surface area contributed by atoms with E-state index in [1.807, 2.05) is 13.8 Å². The van der Waals surface area contributed by atoms with Gasteiger partial charge in [-0.3, -0.25) is 0 Å². The number of carbonyl (C=O) groups is 2. The maximum atomic E-state index is 12.1. The van der Waals surface area contributed by atoms with Gasteiger partial charge in [-0.05, 0) is 37.5 Å². The predicted molar refractivity (Wildman–Crippen MR) is 90.7 cm³/mol. The minimum atomic E-state index is -0.392. The summed E-state index contributed by atoms with van der Waals surface area (Å²) in [7, 11) is 0. The summed E-state index contributed by atoms with van der Waals surface area (Å²) in [6.07, 6.45) is 5.70. The van der Waals surface area contributed by atoms with Crippen LogP contribution in [0.5, 0.6) is 0 Å². The number of benzene rings is 1. The van der Waals surface area contributed by atoms with Crippen LogP contribution < -0.4 is 0 Å². The molecule has 0 saturated carbocycles. The van der Waals surface area contributed by atoms with Gasteiger partial charge in [0.15, 0.2) is 0 Å². The number of unbranched alkanes of at least 4 members (excludes halogenated alkanes) is 3. The quantitative estimate of drug-likeness (QED) is 0.460. The lowest BCUT2D eigenvalue weighted by Gasteiger charge is -2.14. The van der Waals surface area contributed by atoms with Crippen molar-refractivity contribution in [3.8, 4) is 0 Å². The molecule has 0 aliphatic heterocycles. The molecule has 0 amide bonds. The topological polar surface area (TPSA) is 52.6 Å². The smallest absolute Gasteiger partial charge is 0.338 e. The van der Waals surface area contributed by atoms with Gasteiger partial charge in [-0.1, -0.05) is 46.1 Å². The molecule has 0 aliphatic rings. The maximum Gasteiger partial charge on any atom is 0.338 e. The molecule has 0 atom stereocenters. The molecule has 1 aromatic carbocycles. The summed E-state index contributed by atoms with van der Waals surface area (Å²) >= 11 is 0. The Labute approximate surface area is 139 Å². The number of hydrogen-bond acceptors (Lipinski definition) is 4. The zero-order valence-electron chi connectivity index (χ0n) is 14.5. The molecule has 23 heavy (non-hydrogen) atoms. The third kappa shape index (κ3) is 6.85. The number of carbonyl (C=O) groups excluding carboxylic acids is 2. The Morgan fingerprint density at radius 2 is 1.61 bits per heavy atom. The first-order valence-corrected chi connectivity index (χ1v) is 8.60. The van der Waals surface area contributed by atoms with Gasteiger partial charge in [0.2, 0.25) is 0 Å². The molecular formula is C19H28O4. The molecule has 0 aromatic heterocycles. The average Bonchev–Trinajstić information content (AvgIpc) is 2.59. The van der Waals surface area contributed by atoms with Crippen molar-refractivity contribution in [2.75, 3.05) is 6.61 Å². The lowest BCUT2D eigenvalue weighted by atomic mass is 10.1. The van der Waals surface area contributed by atoms with Gasteiger partial charge >= 0.3 is 11.9 Å². The molecule has 1 rings (SSSR count). The first-order chi connectivity index (χ1) is 11.1. The van der Waals surface area contributed by atoms with E-state index in [9.17, 15) is 9.59 Å². The van der Waals surface area contributed by atoms with Crippen LogP contribution in [0.15, 0.2) is 24.3 Å². The van der Waals surface area contributed by atoms with E-state index in [2.05, 4.69) is 6.92 Å². The Kier molecular flexibility index (Phi) is 9.03. The Balaban J connectivity index is 2.58. The highest BCUT2D eigenvalue weighted by Gasteiger charge is 2.15. The fourth-order valence-electron chi connectivity index (χ4n) is 2.22. The fraction of sp³-hybridized carbons (Fsp3) is 0.579. The van der Waals surface area contributed by atoms with E-state index >= 15 is 0 Å². The summed E-state index contributed by atoms with van der Waals surface area (Å²) in [6, 6.07) is 6.53. The highest BCUT2D eigenvalue weighted by molar-refractivity contribution is 5.95. The van der Waals surface area contributed by atoms with Crippen LogP contribution in [0.1, 0.15) is 80.0 Å². The third-order valence-electron chi connectivity index (χ3n) is 3.75. The second-order valence-electron chi connectivity index (χ2n) is 5.62. The molecule has 1 aromatic rings. The van der Waals surface area contributed by atoms with Crippen LogP contribution in [0.2, 0.25) is 0 Å². The minimum absolute atomic E-state index is 0.0864. The monoisotopic (exact) mass is 320 g/mol. The Bertz CT molecular complexity index is 492. The highest BCUT2D eigenvalue weighted by Crippen LogP contribution is 2.12. The standard InChI is InChI=1S/C19H28O4/c1-4-7-8-9-13-22-18(20)15-11-10-12-16(14-15)19(21)23-17(5-2)6-3/h10-12,14,17H,4-9,13H2,1-3H3. The lowest BCUT2D eigenvalue weighted by molar-refractivity contribution is 0.0284. The van der Waals surface area contributed by atoms with E-state index in [-0.39, 0.29) is 6.10 Å². The molecule has 4 heteroatoms. The molecule has 0 saturated heterocycles. The van der Waals surface area contributed by atoms with Crippen molar-refractivity contribution in [2.45, 2.75) is 65.4 Å². The van der Waals surface area contributed by atoms with Crippen molar-refractivity contribution in [3.63, 3.8) is 0 Å². The first kappa shape index (κ1) is 19.2. The molecule has 128 valence electrons. The van der Waals surface area contributed by atoms with Gasteiger partial charge in [0.05, 0.1) is 17.7 Å². The normalized spacial score (nSPS) is 10.6. The van der Waals surface area contributed by atoms with E-state index in [1.54, 1.807) is 24.3 Å². The molecule has 0 radical (unpaired) electrons. The van der Waals surface area contributed by atoms with E-state index in [1.165, 1.54) is 0 Å². The minimum Gasteiger partial charge on any atom is -0.462 e. The second-order valence-corrected chi connectivity index (χ2v) is 5.62. The molecule has 0 spiro atoms. The lowest BCUT2D eigenvalue weighted by Crippen LogP contribution is -2.17. The second kappa shape index (κ2) is 10.8. The predicted octanol–water partition coefficient (Wildman–Crippen LogP) is 4.77. The van der Waals surface area contributed by atoms with E-state index in [4.69, 9.17) is 9.47 Å². The molecule has 0 bridgehead atoms. The van der Waals surface area contributed by atoms with Crippen molar-refractivity contribution in [1.29, 1.82) is 0 Å². The van der Waals surface area contributed by atoms with Crippen LogP contribution in [0, 0.1) is 0 Å². The first-order valence-electron chi connectivity index (χ1n) is 8.60. The van der Waals surface area contributed by atoms with E-state index in [0.29, 0.717) is 17.7 Å². The Hall–Kier alpha value is -1.84. The van der Waals surface area contributed by atoms with Gasteiger partial charge in [0.1, 0.15) is 6.10 Å². The fourth-order valence-corrected chi connectivity index (χ4v) is 2.22. The molecule has 4 nitrogen and oxygen atoms in total. The Morgan fingerprint density at radius 3 is 2.22 bits per heavy atom. The van der Waals surface area contributed by atoms with Crippen LogP contribution in [0.3, 0.4) is 0 Å². The summed E-state index contributed by atoms with van der Waals surface area (Å²) in [6.45, 7) is 6.51. The van der Waals surface area contributed by atoms with Crippen LogP contribution >= 0.6 is 0 Å². The Morgan fingerprint density at radius 1 is 0.957 bits per heavy atom. The number of esters is 2. The number of rotatable bonds is 10. The van der Waals surface area contributed by atoms with E-state index < -0.39 is 11.9 Å². The largest absolute Gasteiger partial charge is 0.462 e. The van der Waals surface area contributed by atoms with Gasteiger partial charge in [-0.25, -0.2) is 9.59 Å². The number of ether oxygens (including phenoxy) is 2. The summed E-state index contributed by atoms with van der Waals surface area (Å²) in [4.78, 5) is 24.1. The maximum absolute atomic E-state index is 12.1. The van der Waals surface area contributed by atoms with Gasteiger partial charge in [-0.2, -0.15) is 0 Å². The molecular weight excluding hydrogens is 292 g/mol. The molecule has 0 heterocycles. The van der Waals surface area contributed by atoms with Crippen molar-refractivity contribution in [1.82, 2.24) is 0 Å². The summed E-state index contributed by atoms with van der Waals surface area (Å²) in [5.41, 5.74) is 0.775. The molecule has 0 fully saturated rings. The zero-order valence-corrected chi connectivity index (χ0v) is 14.5. The van der Waals surface area contributed by atoms with Gasteiger partial charge < -0.3 is 9.47 Å². The summed E-state index contributed by atoms with van der Waals surface area (Å²) < 4.78 is 10.6. The van der Waals surface area contributed by atoms with Gasteiger partial charge in [-0.15, -0.1) is 0 Å². The van der Waals surface area contributed by atoms with Gasteiger partial charge in [0, 0.05) is 0 Å². The highest BCUT2D eigenvalue weighted by atomic mass is 16.5. The van der Waals surface area contributed by atoms with Crippen LogP contribution in [0.4, 0.5) is 0 Å². The van der Waals surface area contributed by atoms with Crippen molar-refractivity contribution < 1.29 is 19.1 Å². The third-order valence-corrected chi connectivity index (χ3v) is 3.75. The van der Waals surface area contributed by atoms with E-state index in [0.717, 1.165) is 38.5 Å². The SMILES string of the molecule is CCCCCCOC(=O)c1cccc(C(=O)OC(CC)CC)c1. The summed E-state index contributed by atoms with van der Waals surface area (Å²) in [5, 5.41) is 0. The van der Waals surface area contributed by atoms with Crippen molar-refractivity contribution >= 4 is 11.9 Å². The molecule has 0 N–H and O–H groups in total. The average molecular weight is 320 g/mol. The van der Waals surface area contributed by atoms with Crippen molar-refractivity contribution in [3.05, 3.63) is 35.4 Å². The molecule has 0 aliphatic carbocycles. The summed E-state index contributed by atoms with van der Waals surface area (Å²) in [5.74, 6) is -0.782. The van der Waals surface area contributed by atoms with Crippen LogP contribution in [-0.2, 0) is 9.47 Å².